The number of hydrogen-bond acceptors (Lipinski definition) is 2. The van der Waals surface area contributed by atoms with Crippen LogP contribution in [0, 0.1) is 12.7 Å². The number of halogens is 1. The molecule has 1 rings (SSSR count). The molecule has 90 valence electrons. The summed E-state index contributed by atoms with van der Waals surface area (Å²) in [6.45, 7) is 5.74. The number of nitrogens with zero attached hydrogens (tertiary/aromatic N) is 1. The minimum atomic E-state index is -0.710. The van der Waals surface area contributed by atoms with E-state index in [0.717, 1.165) is 5.56 Å². The maximum absolute atomic E-state index is 13.2. The van der Waals surface area contributed by atoms with Crippen LogP contribution in [-0.4, -0.2) is 29.6 Å². The number of aliphatic hydroxyl groups excluding tert-OH is 1. The number of rotatable bonds is 3. The molecule has 0 heterocycles. The summed E-state index contributed by atoms with van der Waals surface area (Å²) in [6, 6.07) is 4.51. The molecule has 1 aromatic rings. The zero-order valence-electron chi connectivity index (χ0n) is 10.6. The van der Waals surface area contributed by atoms with Gasteiger partial charge < -0.3 is 10.0 Å². The molecule has 0 amide bonds. The fourth-order valence-electron chi connectivity index (χ4n) is 1.53. The monoisotopic (exact) mass is 225 g/mol. The molecule has 0 radical (unpaired) electrons. The molecule has 0 aliphatic heterocycles. The molecule has 0 aliphatic carbocycles. The molecule has 0 bridgehead atoms. The third kappa shape index (κ3) is 2.42. The SMILES string of the molecule is Cc1ccc(F)cc1C(O)C(C)(C)N(C)C. The van der Waals surface area contributed by atoms with Crippen LogP contribution in [0.25, 0.3) is 0 Å². The molecule has 0 aromatic heterocycles. The first kappa shape index (κ1) is 13.1. The molecular weight excluding hydrogens is 205 g/mol. The van der Waals surface area contributed by atoms with E-state index in [0.29, 0.717) is 5.56 Å². The lowest BCUT2D eigenvalue weighted by Gasteiger charge is -2.37. The normalized spacial score (nSPS) is 14.2. The Bertz CT molecular complexity index is 374. The van der Waals surface area contributed by atoms with Crippen molar-refractivity contribution in [2.24, 2.45) is 0 Å². The number of benzene rings is 1. The van der Waals surface area contributed by atoms with Gasteiger partial charge in [-0.15, -0.1) is 0 Å². The van der Waals surface area contributed by atoms with Crippen molar-refractivity contribution in [1.82, 2.24) is 4.90 Å². The Balaban J connectivity index is 3.14. The van der Waals surface area contributed by atoms with Crippen LogP contribution in [0.2, 0.25) is 0 Å². The van der Waals surface area contributed by atoms with Gasteiger partial charge in [0.15, 0.2) is 0 Å². The Morgan fingerprint density at radius 3 is 2.38 bits per heavy atom. The first-order valence-corrected chi connectivity index (χ1v) is 5.38. The maximum Gasteiger partial charge on any atom is 0.123 e. The molecule has 1 aromatic carbocycles. The summed E-state index contributed by atoms with van der Waals surface area (Å²) < 4.78 is 13.2. The summed E-state index contributed by atoms with van der Waals surface area (Å²) in [5, 5.41) is 10.3. The van der Waals surface area contributed by atoms with Crippen LogP contribution >= 0.6 is 0 Å². The molecule has 0 spiro atoms. The molecule has 0 saturated heterocycles. The zero-order valence-corrected chi connectivity index (χ0v) is 10.6. The van der Waals surface area contributed by atoms with Crippen molar-refractivity contribution >= 4 is 0 Å². The van der Waals surface area contributed by atoms with Crippen molar-refractivity contribution in [3.63, 3.8) is 0 Å². The Morgan fingerprint density at radius 2 is 1.88 bits per heavy atom. The van der Waals surface area contributed by atoms with Gasteiger partial charge in [-0.3, -0.25) is 0 Å². The molecule has 16 heavy (non-hydrogen) atoms. The molecule has 3 heteroatoms. The molecule has 2 nitrogen and oxygen atoms in total. The summed E-state index contributed by atoms with van der Waals surface area (Å²) in [6.07, 6.45) is -0.710. The standard InChI is InChI=1S/C13H20FNO/c1-9-6-7-10(14)8-11(9)12(16)13(2,3)15(4)5/h6-8,12,16H,1-5H3. The maximum atomic E-state index is 13.2. The predicted octanol–water partition coefficient (Wildman–Crippen LogP) is 2.51. The first-order valence-electron chi connectivity index (χ1n) is 5.38. The highest BCUT2D eigenvalue weighted by atomic mass is 19.1. The topological polar surface area (TPSA) is 23.5 Å². The lowest BCUT2D eigenvalue weighted by atomic mass is 9.88. The Labute approximate surface area is 96.7 Å². The fraction of sp³-hybridized carbons (Fsp3) is 0.538. The van der Waals surface area contributed by atoms with E-state index in [1.807, 2.05) is 39.8 Å². The molecule has 1 N–H and O–H groups in total. The summed E-state index contributed by atoms with van der Waals surface area (Å²) in [5.74, 6) is -0.311. The molecule has 0 aliphatic rings. The van der Waals surface area contributed by atoms with Crippen molar-refractivity contribution in [2.75, 3.05) is 14.1 Å². The van der Waals surface area contributed by atoms with Crippen molar-refractivity contribution < 1.29 is 9.50 Å². The van der Waals surface area contributed by atoms with Crippen LogP contribution in [0.5, 0.6) is 0 Å². The first-order chi connectivity index (χ1) is 7.26. The third-order valence-electron chi connectivity index (χ3n) is 3.36. The third-order valence-corrected chi connectivity index (χ3v) is 3.36. The van der Waals surface area contributed by atoms with E-state index in [-0.39, 0.29) is 5.82 Å². The van der Waals surface area contributed by atoms with E-state index in [2.05, 4.69) is 0 Å². The van der Waals surface area contributed by atoms with Crippen LogP contribution in [0.4, 0.5) is 4.39 Å². The lowest BCUT2D eigenvalue weighted by molar-refractivity contribution is 0.0158. The molecular formula is C13H20FNO. The van der Waals surface area contributed by atoms with Crippen molar-refractivity contribution in [1.29, 1.82) is 0 Å². The van der Waals surface area contributed by atoms with Gasteiger partial charge in [-0.1, -0.05) is 6.07 Å². The summed E-state index contributed by atoms with van der Waals surface area (Å²) in [4.78, 5) is 1.93. The average Bonchev–Trinajstić information content (AvgIpc) is 2.20. The van der Waals surface area contributed by atoms with Gasteiger partial charge in [-0.2, -0.15) is 0 Å². The van der Waals surface area contributed by atoms with Crippen molar-refractivity contribution in [3.05, 3.63) is 35.1 Å². The van der Waals surface area contributed by atoms with Gasteiger partial charge in [-0.25, -0.2) is 4.39 Å². The van der Waals surface area contributed by atoms with Gasteiger partial charge in [0, 0.05) is 5.54 Å². The van der Waals surface area contributed by atoms with Gasteiger partial charge in [0.25, 0.3) is 0 Å². The number of aliphatic hydroxyl groups is 1. The van der Waals surface area contributed by atoms with E-state index in [1.54, 1.807) is 6.07 Å². The molecule has 1 unspecified atom stereocenters. The predicted molar refractivity (Wildman–Crippen MR) is 63.9 cm³/mol. The van der Waals surface area contributed by atoms with Crippen molar-refractivity contribution in [3.8, 4) is 0 Å². The van der Waals surface area contributed by atoms with E-state index in [4.69, 9.17) is 0 Å². The summed E-state index contributed by atoms with van der Waals surface area (Å²) >= 11 is 0. The Morgan fingerprint density at radius 1 is 1.31 bits per heavy atom. The fourth-order valence-corrected chi connectivity index (χ4v) is 1.53. The molecule has 0 saturated carbocycles. The minimum absolute atomic E-state index is 0.311. The molecule has 1 atom stereocenters. The van der Waals surface area contributed by atoms with Crippen LogP contribution in [0.15, 0.2) is 18.2 Å². The zero-order chi connectivity index (χ0) is 12.5. The second-order valence-electron chi connectivity index (χ2n) is 4.95. The number of likely N-dealkylation sites (N-methyl/N-ethyl adjacent to an activating group) is 1. The van der Waals surface area contributed by atoms with Gasteiger partial charge in [0.05, 0.1) is 6.10 Å². The van der Waals surface area contributed by atoms with E-state index < -0.39 is 11.6 Å². The van der Waals surface area contributed by atoms with Gasteiger partial charge in [0.1, 0.15) is 5.82 Å². The smallest absolute Gasteiger partial charge is 0.123 e. The lowest BCUT2D eigenvalue weighted by Crippen LogP contribution is -2.44. The number of hydrogen-bond donors (Lipinski definition) is 1. The highest BCUT2D eigenvalue weighted by molar-refractivity contribution is 5.30. The Kier molecular flexibility index (Phi) is 3.71. The second-order valence-corrected chi connectivity index (χ2v) is 4.95. The van der Waals surface area contributed by atoms with E-state index >= 15 is 0 Å². The van der Waals surface area contributed by atoms with Crippen molar-refractivity contribution in [2.45, 2.75) is 32.4 Å². The van der Waals surface area contributed by atoms with Gasteiger partial charge in [-0.05, 0) is 58.1 Å². The van der Waals surface area contributed by atoms with E-state index in [1.165, 1.54) is 12.1 Å². The van der Waals surface area contributed by atoms with Gasteiger partial charge >= 0.3 is 0 Å². The van der Waals surface area contributed by atoms with Crippen LogP contribution in [0.3, 0.4) is 0 Å². The highest BCUT2D eigenvalue weighted by Gasteiger charge is 2.32. The van der Waals surface area contributed by atoms with Crippen LogP contribution < -0.4 is 0 Å². The van der Waals surface area contributed by atoms with Crippen LogP contribution in [0.1, 0.15) is 31.1 Å². The number of aryl methyl sites for hydroxylation is 1. The highest BCUT2D eigenvalue weighted by Crippen LogP contribution is 2.31. The largest absolute Gasteiger partial charge is 0.386 e. The summed E-state index contributed by atoms with van der Waals surface area (Å²) in [7, 11) is 3.80. The minimum Gasteiger partial charge on any atom is -0.386 e. The van der Waals surface area contributed by atoms with Gasteiger partial charge in [0.2, 0.25) is 0 Å². The second kappa shape index (κ2) is 4.52. The summed E-state index contributed by atoms with van der Waals surface area (Å²) in [5.41, 5.74) is 1.13. The van der Waals surface area contributed by atoms with E-state index in [9.17, 15) is 9.50 Å². The quantitative estimate of drug-likeness (QED) is 0.854. The average molecular weight is 225 g/mol. The Hall–Kier alpha value is -0.930. The van der Waals surface area contributed by atoms with Crippen LogP contribution in [-0.2, 0) is 0 Å². The molecule has 0 fully saturated rings.